The number of likely N-dealkylation sites (tertiary alicyclic amines) is 1. The fourth-order valence-corrected chi connectivity index (χ4v) is 5.03. The second-order valence-electron chi connectivity index (χ2n) is 9.60. The van der Waals surface area contributed by atoms with Crippen molar-refractivity contribution in [3.8, 4) is 0 Å². The quantitative estimate of drug-likeness (QED) is 0.272. The number of amides is 1. The van der Waals surface area contributed by atoms with Crippen molar-refractivity contribution in [3.63, 3.8) is 0 Å². The Bertz CT molecular complexity index is 1400. The van der Waals surface area contributed by atoms with Crippen molar-refractivity contribution in [1.82, 2.24) is 25.0 Å². The van der Waals surface area contributed by atoms with Crippen LogP contribution < -0.4 is 10.6 Å². The van der Waals surface area contributed by atoms with Gasteiger partial charge in [0.1, 0.15) is 5.56 Å². The molecule has 2 N–H and O–H groups in total. The van der Waals surface area contributed by atoms with Crippen molar-refractivity contribution in [2.24, 2.45) is 13.0 Å². The number of hydrogen-bond donors (Lipinski definition) is 3. The van der Waals surface area contributed by atoms with Gasteiger partial charge in [-0.05, 0) is 44.0 Å². The third kappa shape index (κ3) is 6.44. The molecule has 7 nitrogen and oxygen atoms in total. The zero-order valence-corrected chi connectivity index (χ0v) is 22.5. The molecule has 0 bridgehead atoms. The van der Waals surface area contributed by atoms with Crippen molar-refractivity contribution < 1.29 is 22.4 Å². The molecule has 0 radical (unpaired) electrons. The molecule has 1 amide bonds. The molecule has 4 rings (SSSR count). The van der Waals surface area contributed by atoms with Gasteiger partial charge in [-0.15, -0.1) is 0 Å². The largest absolute Gasteiger partial charge is 0.417 e. The molecule has 12 heteroatoms. The van der Waals surface area contributed by atoms with Crippen LogP contribution in [0.15, 0.2) is 43.1 Å². The number of piperidine rings is 1. The molecular formula is C27H30F4N6OS. The number of nitrogens with one attached hydrogen (secondary N) is 2. The van der Waals surface area contributed by atoms with Gasteiger partial charge in [0.2, 0.25) is 5.95 Å². The summed E-state index contributed by atoms with van der Waals surface area (Å²) in [6, 6.07) is 6.95. The van der Waals surface area contributed by atoms with Gasteiger partial charge in [-0.2, -0.15) is 35.3 Å². The van der Waals surface area contributed by atoms with Gasteiger partial charge in [-0.1, -0.05) is 24.8 Å². The first kappa shape index (κ1) is 28.6. The fraction of sp³-hybridized carbons (Fsp3) is 0.370. The van der Waals surface area contributed by atoms with Gasteiger partial charge in [0.05, 0.1) is 23.2 Å². The predicted octanol–water partition coefficient (Wildman–Crippen LogP) is 4.79. The number of carbonyl (C=O) groups excluding carboxylic acids is 1. The van der Waals surface area contributed by atoms with Gasteiger partial charge in [0, 0.05) is 48.6 Å². The first-order valence-electron chi connectivity index (χ1n) is 12.4. The highest BCUT2D eigenvalue weighted by Gasteiger charge is 2.35. The lowest BCUT2D eigenvalue weighted by Crippen LogP contribution is -2.45. The Hall–Kier alpha value is -3.38. The maximum absolute atomic E-state index is 13.9. The number of pyridine rings is 1. The summed E-state index contributed by atoms with van der Waals surface area (Å²) in [6.07, 6.45) is 0.360. The molecule has 2 aromatic heterocycles. The van der Waals surface area contributed by atoms with Crippen LogP contribution in [0.5, 0.6) is 0 Å². The number of rotatable bonds is 8. The van der Waals surface area contributed by atoms with E-state index in [0.717, 1.165) is 30.4 Å². The van der Waals surface area contributed by atoms with Crippen molar-refractivity contribution >= 4 is 46.6 Å². The second-order valence-corrected chi connectivity index (χ2v) is 9.97. The molecule has 208 valence electrons. The molecule has 2 atom stereocenters. The zero-order valence-electron chi connectivity index (χ0n) is 21.6. The standard InChI is InChI=1S/C27H30F4N6OS/c1-16(27(29,30)31)24-19-7-4-8-23(35-22-9-11-36(2)14-17(22)15-39)20(19)12-18(34-24)6-5-10-32-26(38)21-13-33-37(3)25(21)28/h4-8,12-13,17,22,35,39H,1,9-11,14-15H2,2-3H3,(H,32,38)/b6-5+/t17-,22-/m1/s1. The van der Waals surface area contributed by atoms with E-state index in [2.05, 4.69) is 51.9 Å². The molecule has 1 fully saturated rings. The summed E-state index contributed by atoms with van der Waals surface area (Å²) in [4.78, 5) is 18.7. The first-order valence-corrected chi connectivity index (χ1v) is 13.0. The Balaban J connectivity index is 1.64. The Labute approximate surface area is 229 Å². The summed E-state index contributed by atoms with van der Waals surface area (Å²) in [6.45, 7) is 5.05. The number of allylic oxidation sites excluding steroid dienone is 1. The fourth-order valence-electron chi connectivity index (χ4n) is 4.66. The molecule has 3 aromatic rings. The van der Waals surface area contributed by atoms with Gasteiger partial charge >= 0.3 is 6.18 Å². The third-order valence-corrected chi connectivity index (χ3v) is 7.28. The topological polar surface area (TPSA) is 75.1 Å². The van der Waals surface area contributed by atoms with E-state index < -0.39 is 23.6 Å². The van der Waals surface area contributed by atoms with Crippen LogP contribution in [-0.4, -0.2) is 70.2 Å². The van der Waals surface area contributed by atoms with Crippen LogP contribution in [-0.2, 0) is 7.05 Å². The van der Waals surface area contributed by atoms with Crippen LogP contribution >= 0.6 is 12.6 Å². The minimum absolute atomic E-state index is 0.00154. The van der Waals surface area contributed by atoms with E-state index in [9.17, 15) is 22.4 Å². The molecule has 1 saturated heterocycles. The molecule has 0 saturated carbocycles. The monoisotopic (exact) mass is 562 g/mol. The maximum Gasteiger partial charge on any atom is 0.417 e. The van der Waals surface area contributed by atoms with E-state index in [4.69, 9.17) is 0 Å². The highest BCUT2D eigenvalue weighted by molar-refractivity contribution is 7.80. The maximum atomic E-state index is 13.9. The molecule has 1 aliphatic rings. The average Bonchev–Trinajstić information content (AvgIpc) is 3.24. The van der Waals surface area contributed by atoms with Crippen LogP contribution in [0.4, 0.5) is 23.2 Å². The number of carbonyl (C=O) groups is 1. The Morgan fingerprint density at radius 1 is 1.28 bits per heavy atom. The lowest BCUT2D eigenvalue weighted by Gasteiger charge is -2.37. The van der Waals surface area contributed by atoms with Crippen LogP contribution in [0, 0.1) is 11.9 Å². The number of anilines is 1. The van der Waals surface area contributed by atoms with E-state index in [-0.39, 0.29) is 35.5 Å². The van der Waals surface area contributed by atoms with E-state index >= 15 is 0 Å². The molecule has 0 aliphatic carbocycles. The molecular weight excluding hydrogens is 532 g/mol. The highest BCUT2D eigenvalue weighted by atomic mass is 32.1. The van der Waals surface area contributed by atoms with E-state index in [1.807, 2.05) is 6.07 Å². The minimum Gasteiger partial charge on any atom is -0.381 e. The van der Waals surface area contributed by atoms with Gasteiger partial charge < -0.3 is 15.5 Å². The zero-order chi connectivity index (χ0) is 28.3. The normalized spacial score (nSPS) is 18.5. The van der Waals surface area contributed by atoms with Gasteiger partial charge in [0.25, 0.3) is 5.91 Å². The molecule has 3 heterocycles. The van der Waals surface area contributed by atoms with E-state index in [0.29, 0.717) is 22.2 Å². The summed E-state index contributed by atoms with van der Waals surface area (Å²) < 4.78 is 56.0. The third-order valence-electron chi connectivity index (χ3n) is 6.81. The Morgan fingerprint density at radius 3 is 2.72 bits per heavy atom. The molecule has 1 aromatic carbocycles. The SMILES string of the molecule is C=C(c1nc(/C=C/CNC(=O)c2cnn(C)c2F)cc2c(N[C@@H]3CCN(C)C[C@@H]3CS)cccc12)C(F)(F)F. The number of benzene rings is 1. The number of nitrogens with zero attached hydrogens (tertiary/aromatic N) is 4. The van der Waals surface area contributed by atoms with E-state index in [1.54, 1.807) is 18.2 Å². The van der Waals surface area contributed by atoms with Crippen molar-refractivity contribution in [3.05, 3.63) is 66.0 Å². The molecule has 0 spiro atoms. The predicted molar refractivity (Wildman–Crippen MR) is 148 cm³/mol. The lowest BCUT2D eigenvalue weighted by molar-refractivity contribution is -0.0688. The van der Waals surface area contributed by atoms with Crippen LogP contribution in [0.25, 0.3) is 22.4 Å². The van der Waals surface area contributed by atoms with E-state index in [1.165, 1.54) is 19.2 Å². The summed E-state index contributed by atoms with van der Waals surface area (Å²) in [5, 5.41) is 10.7. The summed E-state index contributed by atoms with van der Waals surface area (Å²) in [5.41, 5.74) is -0.565. The van der Waals surface area contributed by atoms with Crippen LogP contribution in [0.2, 0.25) is 0 Å². The summed E-state index contributed by atoms with van der Waals surface area (Å²) in [5.74, 6) is -0.493. The smallest absolute Gasteiger partial charge is 0.381 e. The molecule has 0 unspecified atom stereocenters. The minimum atomic E-state index is -4.67. The van der Waals surface area contributed by atoms with Crippen molar-refractivity contribution in [2.45, 2.75) is 18.6 Å². The van der Waals surface area contributed by atoms with Crippen molar-refractivity contribution in [2.75, 3.05) is 37.8 Å². The van der Waals surface area contributed by atoms with Gasteiger partial charge in [-0.25, -0.2) is 9.67 Å². The first-order chi connectivity index (χ1) is 18.5. The number of hydrogen-bond acceptors (Lipinski definition) is 6. The number of thiol groups is 1. The Kier molecular flexibility index (Phi) is 8.65. The van der Waals surface area contributed by atoms with Gasteiger partial charge in [-0.3, -0.25) is 4.79 Å². The van der Waals surface area contributed by atoms with Crippen molar-refractivity contribution in [1.29, 1.82) is 0 Å². The number of fused-ring (bicyclic) bond motifs is 1. The highest BCUT2D eigenvalue weighted by Crippen LogP contribution is 2.37. The number of alkyl halides is 3. The second kappa shape index (κ2) is 11.8. The molecule has 39 heavy (non-hydrogen) atoms. The van der Waals surface area contributed by atoms with Crippen LogP contribution in [0.1, 0.15) is 28.2 Å². The molecule has 1 aliphatic heterocycles. The number of halogens is 4. The summed E-state index contributed by atoms with van der Waals surface area (Å²) >= 11 is 4.51. The number of aryl methyl sites for hydroxylation is 1. The van der Waals surface area contributed by atoms with Gasteiger partial charge in [0.15, 0.2) is 0 Å². The average molecular weight is 563 g/mol. The summed E-state index contributed by atoms with van der Waals surface area (Å²) in [7, 11) is 3.43. The lowest BCUT2D eigenvalue weighted by atomic mass is 9.93. The number of aromatic nitrogens is 3. The Morgan fingerprint density at radius 2 is 2.05 bits per heavy atom. The van der Waals surface area contributed by atoms with Crippen LogP contribution in [0.3, 0.4) is 0 Å².